The Morgan fingerprint density at radius 1 is 1.07 bits per heavy atom. The molecule has 2 N–H and O–H groups in total. The van der Waals surface area contributed by atoms with Crippen molar-refractivity contribution in [2.45, 2.75) is 25.7 Å². The summed E-state index contributed by atoms with van der Waals surface area (Å²) in [6, 6.07) is 13.1. The molecule has 0 aliphatic rings. The summed E-state index contributed by atoms with van der Waals surface area (Å²) in [4.78, 5) is -0.00347. The molecule has 2 aromatic rings. The van der Waals surface area contributed by atoms with Crippen LogP contribution >= 0.6 is 0 Å². The highest BCUT2D eigenvalue weighted by atomic mass is 32.2. The lowest BCUT2D eigenvalue weighted by Gasteiger charge is -2.08. The maximum Gasteiger partial charge on any atom is 0.255 e. The van der Waals surface area contributed by atoms with Crippen LogP contribution in [0, 0.1) is 17.3 Å². The van der Waals surface area contributed by atoms with Gasteiger partial charge in [0.1, 0.15) is 0 Å². The topological polar surface area (TPSA) is 83.5 Å². The number of benzene rings is 2. The quantitative estimate of drug-likeness (QED) is 0.582. The molecule has 2 rings (SSSR count). The fourth-order valence-electron chi connectivity index (χ4n) is 2.00. The Balaban J connectivity index is 2.15. The molecule has 0 aliphatic carbocycles. The number of hydrogen-bond donors (Lipinski definition) is 2. The Hall–Kier alpha value is -2.40. The molecular weight excluding hydrogens is 382 g/mol. The van der Waals surface area contributed by atoms with E-state index in [1.165, 1.54) is 18.2 Å². The van der Waals surface area contributed by atoms with Crippen LogP contribution in [0.5, 0.6) is 0 Å². The van der Waals surface area contributed by atoms with Gasteiger partial charge in [0.25, 0.3) is 10.0 Å². The molecule has 0 saturated heterocycles. The fourth-order valence-corrected chi connectivity index (χ4v) is 3.45. The summed E-state index contributed by atoms with van der Waals surface area (Å²) in [6.45, 7) is 6.08. The molecule has 0 saturated carbocycles. The normalized spacial score (nSPS) is 13.0. The van der Waals surface area contributed by atoms with Gasteiger partial charge in [0.05, 0.1) is 16.0 Å². The summed E-state index contributed by atoms with van der Waals surface area (Å²) < 4.78 is 47.3. The van der Waals surface area contributed by atoms with Gasteiger partial charge in [0.2, 0.25) is 0 Å². The van der Waals surface area contributed by atoms with Gasteiger partial charge < -0.3 is 4.55 Å². The number of anilines is 1. The van der Waals surface area contributed by atoms with Crippen molar-refractivity contribution in [3.63, 3.8) is 0 Å². The molecule has 0 aromatic heterocycles. The first kappa shape index (κ1) is 20.9. The van der Waals surface area contributed by atoms with Crippen LogP contribution in [-0.2, 0) is 21.1 Å². The molecule has 27 heavy (non-hydrogen) atoms. The van der Waals surface area contributed by atoms with Gasteiger partial charge >= 0.3 is 0 Å². The van der Waals surface area contributed by atoms with Crippen molar-refractivity contribution in [2.24, 2.45) is 5.41 Å². The molecule has 0 amide bonds. The minimum Gasteiger partial charge on any atom is -0.302 e. The minimum atomic E-state index is -3.83. The summed E-state index contributed by atoms with van der Waals surface area (Å²) in [5.41, 5.74) is 1.52. The molecule has 2 aromatic carbocycles. The molecule has 0 spiro atoms. The zero-order valence-corrected chi connectivity index (χ0v) is 16.9. The highest BCUT2D eigenvalue weighted by Gasteiger charge is 2.12. The number of nitrogens with one attached hydrogen (secondary N) is 1. The van der Waals surface area contributed by atoms with Gasteiger partial charge in [-0.1, -0.05) is 36.1 Å². The highest BCUT2D eigenvalue weighted by molar-refractivity contribution is 7.95. The monoisotopic (exact) mass is 403 g/mol. The van der Waals surface area contributed by atoms with E-state index in [2.05, 4.69) is 16.6 Å². The van der Waals surface area contributed by atoms with E-state index in [-0.39, 0.29) is 16.0 Å². The van der Waals surface area contributed by atoms with Gasteiger partial charge in [0, 0.05) is 11.0 Å². The van der Waals surface area contributed by atoms with Crippen LogP contribution in [0.3, 0.4) is 0 Å². The third-order valence-corrected chi connectivity index (χ3v) is 4.99. The maximum absolute atomic E-state index is 12.2. The Morgan fingerprint density at radius 2 is 1.70 bits per heavy atom. The number of sulfonamides is 1. The molecule has 1 unspecified atom stereocenters. The average Bonchev–Trinajstić information content (AvgIpc) is 2.58. The number of rotatable bonds is 5. The highest BCUT2D eigenvalue weighted by Crippen LogP contribution is 2.20. The van der Waals surface area contributed by atoms with Gasteiger partial charge in [-0.25, -0.2) is 12.6 Å². The van der Waals surface area contributed by atoms with Crippen LogP contribution < -0.4 is 4.72 Å². The molecule has 0 radical (unpaired) electrons. The van der Waals surface area contributed by atoms with Crippen molar-refractivity contribution in [2.75, 3.05) is 4.72 Å². The Labute approximate surface area is 162 Å². The van der Waals surface area contributed by atoms with Gasteiger partial charge in [-0.3, -0.25) is 4.72 Å². The molecule has 142 valence electrons. The van der Waals surface area contributed by atoms with Crippen LogP contribution in [0.2, 0.25) is 0 Å². The Kier molecular flexibility index (Phi) is 6.60. The van der Waals surface area contributed by atoms with E-state index in [4.69, 9.17) is 0 Å². The average molecular weight is 404 g/mol. The summed E-state index contributed by atoms with van der Waals surface area (Å²) in [5.74, 6) is 6.21. The first-order valence-electron chi connectivity index (χ1n) is 8.10. The molecule has 5 nitrogen and oxygen atoms in total. The Bertz CT molecular complexity index is 1020. The summed E-state index contributed by atoms with van der Waals surface area (Å²) in [6.07, 6.45) is 1.45. The minimum absolute atomic E-state index is 0.00347. The van der Waals surface area contributed by atoms with E-state index in [0.717, 1.165) is 11.0 Å². The predicted octanol–water partition coefficient (Wildman–Crippen LogP) is 4.08. The second kappa shape index (κ2) is 8.53. The summed E-state index contributed by atoms with van der Waals surface area (Å²) >= 11 is -2.29. The van der Waals surface area contributed by atoms with Gasteiger partial charge in [-0.15, -0.1) is 0 Å². The smallest absolute Gasteiger partial charge is 0.255 e. The fraction of sp³-hybridized carbons (Fsp3) is 0.200. The lowest BCUT2D eigenvalue weighted by atomic mass is 9.97. The van der Waals surface area contributed by atoms with E-state index in [9.17, 15) is 17.2 Å². The second-order valence-electron chi connectivity index (χ2n) is 6.82. The summed E-state index contributed by atoms with van der Waals surface area (Å²) in [7, 11) is -3.83. The molecule has 0 bridgehead atoms. The number of para-hydroxylation sites is 1. The zero-order valence-electron chi connectivity index (χ0n) is 15.3. The molecule has 1 atom stereocenters. The van der Waals surface area contributed by atoms with E-state index in [0.29, 0.717) is 5.56 Å². The first-order chi connectivity index (χ1) is 12.6. The largest absolute Gasteiger partial charge is 0.302 e. The third-order valence-electron chi connectivity index (χ3n) is 3.26. The van der Waals surface area contributed by atoms with E-state index in [1.54, 1.807) is 24.3 Å². The SMILES string of the molecule is CC(C)(C)C#Cc1ccc(/C=C/S(=O)(=O)Nc2ccccc2S(=O)O)cc1. The molecule has 0 fully saturated rings. The van der Waals surface area contributed by atoms with Crippen LogP contribution in [0.15, 0.2) is 58.8 Å². The van der Waals surface area contributed by atoms with Gasteiger partial charge in [-0.05, 0) is 56.7 Å². The third kappa shape index (κ3) is 7.02. The predicted molar refractivity (Wildman–Crippen MR) is 110 cm³/mol. The van der Waals surface area contributed by atoms with Crippen molar-refractivity contribution in [1.29, 1.82) is 0 Å². The van der Waals surface area contributed by atoms with Crippen LogP contribution in [0.4, 0.5) is 5.69 Å². The molecule has 0 aliphatic heterocycles. The van der Waals surface area contributed by atoms with E-state index in [1.807, 2.05) is 32.9 Å². The molecule has 0 heterocycles. The molecule has 7 heteroatoms. The summed E-state index contributed by atoms with van der Waals surface area (Å²) in [5, 5.41) is 1.01. The van der Waals surface area contributed by atoms with Crippen molar-refractivity contribution in [3.8, 4) is 11.8 Å². The van der Waals surface area contributed by atoms with Crippen LogP contribution in [0.25, 0.3) is 6.08 Å². The maximum atomic E-state index is 12.2. The van der Waals surface area contributed by atoms with Gasteiger partial charge in [-0.2, -0.15) is 0 Å². The zero-order chi connectivity index (χ0) is 20.1. The second-order valence-corrected chi connectivity index (χ2v) is 9.32. The molecular formula is C20H21NO4S2. The van der Waals surface area contributed by atoms with Crippen LogP contribution in [0.1, 0.15) is 31.9 Å². The van der Waals surface area contributed by atoms with E-state index < -0.39 is 21.1 Å². The Morgan fingerprint density at radius 3 is 2.30 bits per heavy atom. The standard InChI is InChI=1S/C20H21NO4S2/c1-20(2,3)14-12-16-8-10-17(11-9-16)13-15-27(24,25)21-18-6-4-5-7-19(18)26(22)23/h4-11,13,15,21H,1-3H3,(H,22,23)/b15-13+. The van der Waals surface area contributed by atoms with E-state index >= 15 is 0 Å². The van der Waals surface area contributed by atoms with Crippen molar-refractivity contribution >= 4 is 32.9 Å². The first-order valence-corrected chi connectivity index (χ1v) is 10.8. The van der Waals surface area contributed by atoms with Crippen molar-refractivity contribution in [3.05, 3.63) is 65.1 Å². The lowest BCUT2D eigenvalue weighted by Crippen LogP contribution is -2.11. The van der Waals surface area contributed by atoms with Gasteiger partial charge in [0.15, 0.2) is 11.1 Å². The number of hydrogen-bond acceptors (Lipinski definition) is 3. The van der Waals surface area contributed by atoms with Crippen molar-refractivity contribution < 1.29 is 17.2 Å². The van der Waals surface area contributed by atoms with Crippen LogP contribution in [-0.4, -0.2) is 17.2 Å². The van der Waals surface area contributed by atoms with Crippen molar-refractivity contribution in [1.82, 2.24) is 0 Å². The lowest BCUT2D eigenvalue weighted by molar-refractivity contribution is 0.564.